The number of furan rings is 1. The molecule has 1 aromatic carbocycles. The van der Waals surface area contributed by atoms with E-state index in [4.69, 9.17) is 4.42 Å². The van der Waals surface area contributed by atoms with Gasteiger partial charge in [-0.2, -0.15) is 0 Å². The van der Waals surface area contributed by atoms with Gasteiger partial charge in [-0.25, -0.2) is 0 Å². The van der Waals surface area contributed by atoms with E-state index in [0.717, 1.165) is 16.8 Å². The van der Waals surface area contributed by atoms with Crippen LogP contribution in [-0.2, 0) is 0 Å². The van der Waals surface area contributed by atoms with Crippen molar-refractivity contribution in [3.05, 3.63) is 56.9 Å². The molecule has 1 N–H and O–H groups in total. The SMILES string of the molecule is CCNC(c1cc(C)c(Br)cc1C)c1ccoc1C. The summed E-state index contributed by atoms with van der Waals surface area (Å²) in [6.07, 6.45) is 1.76. The fourth-order valence-corrected chi connectivity index (χ4v) is 2.86. The lowest BCUT2D eigenvalue weighted by molar-refractivity contribution is 0.519. The van der Waals surface area contributed by atoms with Crippen molar-refractivity contribution in [1.29, 1.82) is 0 Å². The van der Waals surface area contributed by atoms with Gasteiger partial charge in [0, 0.05) is 10.0 Å². The molecule has 0 bridgehead atoms. The predicted octanol–water partition coefficient (Wildman–Crippen LogP) is 4.67. The smallest absolute Gasteiger partial charge is 0.105 e. The Morgan fingerprint density at radius 3 is 2.47 bits per heavy atom. The minimum absolute atomic E-state index is 0.190. The monoisotopic (exact) mass is 321 g/mol. The third kappa shape index (κ3) is 2.93. The Morgan fingerprint density at radius 2 is 1.89 bits per heavy atom. The molecule has 0 fully saturated rings. The normalized spacial score (nSPS) is 12.7. The van der Waals surface area contributed by atoms with Gasteiger partial charge in [0.05, 0.1) is 12.3 Å². The van der Waals surface area contributed by atoms with Crippen molar-refractivity contribution < 1.29 is 4.42 Å². The summed E-state index contributed by atoms with van der Waals surface area (Å²) in [5.74, 6) is 0.978. The molecule has 1 atom stereocenters. The number of aryl methyl sites for hydroxylation is 3. The van der Waals surface area contributed by atoms with Crippen molar-refractivity contribution in [2.75, 3.05) is 6.54 Å². The first-order valence-electron chi connectivity index (χ1n) is 6.58. The Bertz CT molecular complexity index is 574. The first-order valence-corrected chi connectivity index (χ1v) is 7.38. The molecule has 1 aromatic heterocycles. The van der Waals surface area contributed by atoms with Crippen LogP contribution in [0.25, 0.3) is 0 Å². The Kier molecular flexibility index (Phi) is 4.48. The van der Waals surface area contributed by atoms with Crippen LogP contribution in [0.1, 0.15) is 41.0 Å². The molecule has 0 aliphatic carbocycles. The molecule has 0 saturated heterocycles. The van der Waals surface area contributed by atoms with E-state index in [1.54, 1.807) is 6.26 Å². The van der Waals surface area contributed by atoms with Crippen molar-refractivity contribution in [2.24, 2.45) is 0 Å². The first kappa shape index (κ1) is 14.4. The van der Waals surface area contributed by atoms with E-state index in [1.165, 1.54) is 22.3 Å². The topological polar surface area (TPSA) is 25.2 Å². The maximum absolute atomic E-state index is 5.46. The standard InChI is InChI=1S/C16H20BrNO/c1-5-18-16(13-6-7-19-12(13)4)14-8-11(3)15(17)9-10(14)2/h6-9,16,18H,5H2,1-4H3. The summed E-state index contributed by atoms with van der Waals surface area (Å²) in [4.78, 5) is 0. The van der Waals surface area contributed by atoms with Crippen molar-refractivity contribution in [3.63, 3.8) is 0 Å². The Morgan fingerprint density at radius 1 is 1.16 bits per heavy atom. The van der Waals surface area contributed by atoms with Crippen LogP contribution in [0, 0.1) is 20.8 Å². The molecule has 0 aliphatic rings. The van der Waals surface area contributed by atoms with Crippen LogP contribution in [0.15, 0.2) is 33.4 Å². The van der Waals surface area contributed by atoms with Crippen molar-refractivity contribution in [2.45, 2.75) is 33.7 Å². The highest BCUT2D eigenvalue weighted by Gasteiger charge is 2.19. The number of rotatable bonds is 4. The molecule has 3 heteroatoms. The molecule has 2 aromatic rings. The zero-order valence-corrected chi connectivity index (χ0v) is 13.5. The highest BCUT2D eigenvalue weighted by Crippen LogP contribution is 2.31. The molecule has 1 unspecified atom stereocenters. The van der Waals surface area contributed by atoms with E-state index in [0.29, 0.717) is 0 Å². The lowest BCUT2D eigenvalue weighted by atomic mass is 9.94. The zero-order chi connectivity index (χ0) is 14.0. The van der Waals surface area contributed by atoms with Crippen LogP contribution in [0.4, 0.5) is 0 Å². The minimum atomic E-state index is 0.190. The average molecular weight is 322 g/mol. The van der Waals surface area contributed by atoms with Crippen LogP contribution in [0.3, 0.4) is 0 Å². The Hall–Kier alpha value is -1.06. The molecule has 1 heterocycles. The van der Waals surface area contributed by atoms with Gasteiger partial charge in [0.15, 0.2) is 0 Å². The maximum atomic E-state index is 5.46. The van der Waals surface area contributed by atoms with Gasteiger partial charge in [-0.05, 0) is 56.1 Å². The lowest BCUT2D eigenvalue weighted by Crippen LogP contribution is -2.23. The Labute approximate surface area is 123 Å². The van der Waals surface area contributed by atoms with Gasteiger partial charge >= 0.3 is 0 Å². The first-order chi connectivity index (χ1) is 9.04. The number of benzene rings is 1. The van der Waals surface area contributed by atoms with Crippen molar-refractivity contribution in [3.8, 4) is 0 Å². The highest BCUT2D eigenvalue weighted by atomic mass is 79.9. The van der Waals surface area contributed by atoms with Gasteiger partial charge in [0.2, 0.25) is 0 Å². The third-order valence-electron chi connectivity index (χ3n) is 3.48. The fraction of sp³-hybridized carbons (Fsp3) is 0.375. The second kappa shape index (κ2) is 5.93. The van der Waals surface area contributed by atoms with Gasteiger partial charge in [-0.3, -0.25) is 0 Å². The molecule has 2 nitrogen and oxygen atoms in total. The molecular weight excluding hydrogens is 302 g/mol. The summed E-state index contributed by atoms with van der Waals surface area (Å²) in [6.45, 7) is 9.34. The third-order valence-corrected chi connectivity index (χ3v) is 4.33. The van der Waals surface area contributed by atoms with E-state index in [-0.39, 0.29) is 6.04 Å². The van der Waals surface area contributed by atoms with Gasteiger partial charge < -0.3 is 9.73 Å². The summed E-state index contributed by atoms with van der Waals surface area (Å²) in [6, 6.07) is 6.68. The number of nitrogens with one attached hydrogen (secondary N) is 1. The van der Waals surface area contributed by atoms with E-state index in [9.17, 15) is 0 Å². The van der Waals surface area contributed by atoms with Crippen molar-refractivity contribution >= 4 is 15.9 Å². The molecule has 0 spiro atoms. The van der Waals surface area contributed by atoms with E-state index in [2.05, 4.69) is 60.2 Å². The second-order valence-corrected chi connectivity index (χ2v) is 5.74. The highest BCUT2D eigenvalue weighted by molar-refractivity contribution is 9.10. The number of hydrogen-bond donors (Lipinski definition) is 1. The second-order valence-electron chi connectivity index (χ2n) is 4.88. The maximum Gasteiger partial charge on any atom is 0.105 e. The summed E-state index contributed by atoms with van der Waals surface area (Å²) < 4.78 is 6.62. The fourth-order valence-electron chi connectivity index (χ4n) is 2.40. The van der Waals surface area contributed by atoms with Crippen LogP contribution in [-0.4, -0.2) is 6.54 Å². The summed E-state index contributed by atoms with van der Waals surface area (Å²) in [5.41, 5.74) is 5.06. The van der Waals surface area contributed by atoms with Crippen LogP contribution in [0.2, 0.25) is 0 Å². The van der Waals surface area contributed by atoms with Gasteiger partial charge in [-0.15, -0.1) is 0 Å². The molecular formula is C16H20BrNO. The average Bonchev–Trinajstić information content (AvgIpc) is 2.77. The van der Waals surface area contributed by atoms with E-state index < -0.39 is 0 Å². The van der Waals surface area contributed by atoms with E-state index in [1.807, 2.05) is 6.92 Å². The Balaban J connectivity index is 2.51. The largest absolute Gasteiger partial charge is 0.469 e. The van der Waals surface area contributed by atoms with Gasteiger partial charge in [0.25, 0.3) is 0 Å². The van der Waals surface area contributed by atoms with Gasteiger partial charge in [0.1, 0.15) is 5.76 Å². The summed E-state index contributed by atoms with van der Waals surface area (Å²) in [7, 11) is 0. The molecule has 0 radical (unpaired) electrons. The van der Waals surface area contributed by atoms with Gasteiger partial charge in [-0.1, -0.05) is 28.9 Å². The molecule has 19 heavy (non-hydrogen) atoms. The van der Waals surface area contributed by atoms with Crippen LogP contribution in [0.5, 0.6) is 0 Å². The lowest BCUT2D eigenvalue weighted by Gasteiger charge is -2.21. The predicted molar refractivity (Wildman–Crippen MR) is 82.6 cm³/mol. The van der Waals surface area contributed by atoms with E-state index >= 15 is 0 Å². The molecule has 0 amide bonds. The summed E-state index contributed by atoms with van der Waals surface area (Å²) >= 11 is 3.59. The van der Waals surface area contributed by atoms with Crippen LogP contribution >= 0.6 is 15.9 Å². The molecule has 102 valence electrons. The molecule has 0 aliphatic heterocycles. The number of halogens is 1. The summed E-state index contributed by atoms with van der Waals surface area (Å²) in [5, 5.41) is 3.55. The minimum Gasteiger partial charge on any atom is -0.469 e. The van der Waals surface area contributed by atoms with Crippen molar-refractivity contribution in [1.82, 2.24) is 5.32 Å². The number of hydrogen-bond acceptors (Lipinski definition) is 2. The zero-order valence-electron chi connectivity index (χ0n) is 11.9. The molecule has 2 rings (SSSR count). The quantitative estimate of drug-likeness (QED) is 0.885. The molecule has 0 saturated carbocycles. The van der Waals surface area contributed by atoms with Crippen LogP contribution < -0.4 is 5.32 Å².